The van der Waals surface area contributed by atoms with Crippen LogP contribution in [0.2, 0.25) is 0 Å². The van der Waals surface area contributed by atoms with Gasteiger partial charge in [0.15, 0.2) is 0 Å². The Hall–Kier alpha value is -1.84. The Kier molecular flexibility index (Phi) is 4.89. The number of hydrogen-bond donors (Lipinski definition) is 1. The lowest BCUT2D eigenvalue weighted by Gasteiger charge is -2.21. The van der Waals surface area contributed by atoms with Crippen molar-refractivity contribution in [3.63, 3.8) is 0 Å². The average molecular weight is 248 g/mol. The van der Waals surface area contributed by atoms with Crippen molar-refractivity contribution in [3.8, 4) is 0 Å². The third-order valence-electron chi connectivity index (χ3n) is 2.60. The lowest BCUT2D eigenvalue weighted by atomic mass is 10.1. The van der Waals surface area contributed by atoms with Crippen LogP contribution in [0.25, 0.3) is 0 Å². The lowest BCUT2D eigenvalue weighted by molar-refractivity contribution is -0.120. The van der Waals surface area contributed by atoms with E-state index in [0.717, 1.165) is 17.5 Å². The Bertz CT molecular complexity index is 441. The number of rotatable bonds is 5. The van der Waals surface area contributed by atoms with Crippen molar-refractivity contribution >= 4 is 17.9 Å². The van der Waals surface area contributed by atoms with Gasteiger partial charge in [0.1, 0.15) is 6.29 Å². The predicted octanol–water partition coefficient (Wildman–Crippen LogP) is 1.77. The van der Waals surface area contributed by atoms with Gasteiger partial charge in [-0.15, -0.1) is 0 Å². The van der Waals surface area contributed by atoms with Crippen molar-refractivity contribution in [2.75, 3.05) is 18.5 Å². The van der Waals surface area contributed by atoms with Crippen LogP contribution in [-0.2, 0) is 4.79 Å². The maximum absolute atomic E-state index is 11.7. The molecule has 0 saturated heterocycles. The highest BCUT2D eigenvalue weighted by Gasteiger charge is 2.10. The Balaban J connectivity index is 2.75. The Labute approximate surface area is 108 Å². The van der Waals surface area contributed by atoms with Gasteiger partial charge in [0.25, 0.3) is 0 Å². The molecule has 0 heterocycles. The van der Waals surface area contributed by atoms with Crippen LogP contribution in [0.4, 0.5) is 5.69 Å². The van der Waals surface area contributed by atoms with Gasteiger partial charge in [0, 0.05) is 24.3 Å². The fraction of sp³-hybridized carbons (Fsp3) is 0.429. The molecule has 0 aromatic heterocycles. The molecule has 1 amide bonds. The van der Waals surface area contributed by atoms with Gasteiger partial charge in [0.05, 0.1) is 6.54 Å². The van der Waals surface area contributed by atoms with Crippen LogP contribution in [0.15, 0.2) is 18.2 Å². The first-order valence-electron chi connectivity index (χ1n) is 6.00. The minimum Gasteiger partial charge on any atom is -0.365 e. The molecular formula is C14H20N2O2. The van der Waals surface area contributed by atoms with E-state index in [2.05, 4.69) is 5.32 Å². The molecule has 0 bridgehead atoms. The van der Waals surface area contributed by atoms with E-state index in [9.17, 15) is 9.59 Å². The van der Waals surface area contributed by atoms with E-state index < -0.39 is 0 Å². The molecule has 1 rings (SSSR count). The summed E-state index contributed by atoms with van der Waals surface area (Å²) in [7, 11) is 1.86. The van der Waals surface area contributed by atoms with Crippen molar-refractivity contribution in [1.29, 1.82) is 0 Å². The predicted molar refractivity (Wildman–Crippen MR) is 73.1 cm³/mol. The summed E-state index contributed by atoms with van der Waals surface area (Å²) in [6, 6.07) is 5.58. The Morgan fingerprint density at radius 1 is 1.44 bits per heavy atom. The Morgan fingerprint density at radius 2 is 2.11 bits per heavy atom. The first-order chi connectivity index (χ1) is 8.43. The van der Waals surface area contributed by atoms with Crippen molar-refractivity contribution in [3.05, 3.63) is 29.3 Å². The zero-order valence-corrected chi connectivity index (χ0v) is 11.4. The minimum atomic E-state index is -0.00800. The molecule has 0 aliphatic carbocycles. The number of aryl methyl sites for hydroxylation is 1. The molecular weight excluding hydrogens is 228 g/mol. The molecule has 0 unspecified atom stereocenters. The zero-order valence-electron chi connectivity index (χ0n) is 11.4. The van der Waals surface area contributed by atoms with E-state index >= 15 is 0 Å². The van der Waals surface area contributed by atoms with Crippen LogP contribution in [0.1, 0.15) is 29.8 Å². The van der Waals surface area contributed by atoms with Crippen LogP contribution in [-0.4, -0.2) is 31.8 Å². The van der Waals surface area contributed by atoms with Crippen molar-refractivity contribution in [2.24, 2.45) is 0 Å². The smallest absolute Gasteiger partial charge is 0.239 e. The van der Waals surface area contributed by atoms with Crippen molar-refractivity contribution in [2.45, 2.75) is 26.8 Å². The largest absolute Gasteiger partial charge is 0.365 e. The van der Waals surface area contributed by atoms with Crippen molar-refractivity contribution < 1.29 is 9.59 Å². The van der Waals surface area contributed by atoms with Gasteiger partial charge in [0.2, 0.25) is 5.91 Å². The fourth-order valence-corrected chi connectivity index (χ4v) is 1.85. The second kappa shape index (κ2) is 6.19. The quantitative estimate of drug-likeness (QED) is 0.808. The summed E-state index contributed by atoms with van der Waals surface area (Å²) >= 11 is 0. The fourth-order valence-electron chi connectivity index (χ4n) is 1.85. The van der Waals surface area contributed by atoms with Crippen LogP contribution in [0.5, 0.6) is 0 Å². The van der Waals surface area contributed by atoms with Crippen molar-refractivity contribution in [1.82, 2.24) is 5.32 Å². The molecule has 1 aromatic carbocycles. The molecule has 4 heteroatoms. The molecule has 18 heavy (non-hydrogen) atoms. The summed E-state index contributed by atoms with van der Waals surface area (Å²) in [5, 5.41) is 2.85. The molecule has 0 saturated carbocycles. The van der Waals surface area contributed by atoms with Gasteiger partial charge in [-0.3, -0.25) is 9.59 Å². The van der Waals surface area contributed by atoms with Gasteiger partial charge in [-0.2, -0.15) is 0 Å². The molecule has 0 atom stereocenters. The zero-order chi connectivity index (χ0) is 13.7. The number of nitrogens with zero attached hydrogens (tertiary/aromatic N) is 1. The number of hydrogen-bond acceptors (Lipinski definition) is 3. The van der Waals surface area contributed by atoms with Crippen LogP contribution < -0.4 is 10.2 Å². The highest BCUT2D eigenvalue weighted by Crippen LogP contribution is 2.19. The van der Waals surface area contributed by atoms with Gasteiger partial charge < -0.3 is 10.2 Å². The monoisotopic (exact) mass is 248 g/mol. The molecule has 98 valence electrons. The third-order valence-corrected chi connectivity index (χ3v) is 2.60. The van der Waals surface area contributed by atoms with E-state index in [1.807, 2.05) is 44.9 Å². The normalized spacial score (nSPS) is 10.3. The molecule has 0 radical (unpaired) electrons. The van der Waals surface area contributed by atoms with E-state index in [1.54, 1.807) is 6.07 Å². The molecule has 0 spiro atoms. The summed E-state index contributed by atoms with van der Waals surface area (Å²) < 4.78 is 0. The second-order valence-electron chi connectivity index (χ2n) is 4.74. The molecule has 0 fully saturated rings. The first-order valence-corrected chi connectivity index (χ1v) is 6.00. The molecule has 1 aromatic rings. The Morgan fingerprint density at radius 3 is 2.61 bits per heavy atom. The topological polar surface area (TPSA) is 49.4 Å². The van der Waals surface area contributed by atoms with Crippen LogP contribution in [0.3, 0.4) is 0 Å². The number of amides is 1. The summed E-state index contributed by atoms with van der Waals surface area (Å²) in [6.07, 6.45) is 0.822. The van der Waals surface area contributed by atoms with Gasteiger partial charge in [-0.05, 0) is 44.5 Å². The number of carbonyl (C=O) groups excluding carboxylic acids is 2. The summed E-state index contributed by atoms with van der Waals surface area (Å²) in [5.41, 5.74) is 2.59. The van der Waals surface area contributed by atoms with E-state index in [4.69, 9.17) is 0 Å². The molecule has 0 aliphatic rings. The summed E-state index contributed by atoms with van der Waals surface area (Å²) in [4.78, 5) is 24.2. The van der Waals surface area contributed by atoms with Gasteiger partial charge in [-0.1, -0.05) is 0 Å². The molecule has 4 nitrogen and oxygen atoms in total. The van der Waals surface area contributed by atoms with E-state index in [1.165, 1.54) is 0 Å². The molecule has 1 N–H and O–H groups in total. The number of benzene rings is 1. The van der Waals surface area contributed by atoms with Gasteiger partial charge >= 0.3 is 0 Å². The number of nitrogens with one attached hydrogen (secondary N) is 1. The number of aldehydes is 1. The maximum atomic E-state index is 11.7. The lowest BCUT2D eigenvalue weighted by Crippen LogP contribution is -2.38. The average Bonchev–Trinajstić information content (AvgIpc) is 2.27. The van der Waals surface area contributed by atoms with Crippen LogP contribution in [0, 0.1) is 6.92 Å². The standard InChI is InChI=1S/C14H20N2O2/c1-10(2)15-14(18)8-16(4)13-6-5-12(9-17)7-11(13)3/h5-7,9-10H,8H2,1-4H3,(H,15,18). The van der Waals surface area contributed by atoms with Gasteiger partial charge in [-0.25, -0.2) is 0 Å². The summed E-state index contributed by atoms with van der Waals surface area (Å²) in [5.74, 6) is -0.00800. The number of likely N-dealkylation sites (N-methyl/N-ethyl adjacent to an activating group) is 1. The summed E-state index contributed by atoms with van der Waals surface area (Å²) in [6.45, 7) is 6.10. The molecule has 0 aliphatic heterocycles. The van der Waals surface area contributed by atoms with E-state index in [-0.39, 0.29) is 11.9 Å². The van der Waals surface area contributed by atoms with E-state index in [0.29, 0.717) is 12.1 Å². The third kappa shape index (κ3) is 3.87. The second-order valence-corrected chi connectivity index (χ2v) is 4.74. The maximum Gasteiger partial charge on any atom is 0.239 e. The number of carbonyl (C=O) groups is 2. The van der Waals surface area contributed by atoms with Crippen LogP contribution >= 0.6 is 0 Å². The SMILES string of the molecule is Cc1cc(C=O)ccc1N(C)CC(=O)NC(C)C. The first kappa shape index (κ1) is 14.2. The highest BCUT2D eigenvalue weighted by molar-refractivity contribution is 5.82. The number of anilines is 1. The minimum absolute atomic E-state index is 0.00800. The highest BCUT2D eigenvalue weighted by atomic mass is 16.2.